The Morgan fingerprint density at radius 1 is 1.25 bits per heavy atom. The molecule has 1 aromatic carbocycles. The van der Waals surface area contributed by atoms with Gasteiger partial charge < -0.3 is 10.0 Å². The molecule has 1 aromatic heterocycles. The average Bonchev–Trinajstić information content (AvgIpc) is 3.09. The lowest BCUT2D eigenvalue weighted by Gasteiger charge is -2.52. The van der Waals surface area contributed by atoms with Gasteiger partial charge in [0.1, 0.15) is 0 Å². The summed E-state index contributed by atoms with van der Waals surface area (Å²) < 4.78 is 1.88. The number of carbonyl (C=O) groups excluding carboxylic acids is 1. The third kappa shape index (κ3) is 3.26. The maximum atomic E-state index is 13.4. The molecule has 1 amide bonds. The molecule has 3 atom stereocenters. The van der Waals surface area contributed by atoms with Crippen molar-refractivity contribution in [2.45, 2.75) is 70.6 Å². The molecule has 1 aliphatic carbocycles. The molecule has 4 rings (SSSR count). The summed E-state index contributed by atoms with van der Waals surface area (Å²) in [6.07, 6.45) is 7.65. The van der Waals surface area contributed by atoms with Gasteiger partial charge in [-0.3, -0.25) is 9.48 Å². The van der Waals surface area contributed by atoms with Gasteiger partial charge >= 0.3 is 0 Å². The van der Waals surface area contributed by atoms with E-state index in [4.69, 9.17) is 0 Å². The topological polar surface area (TPSA) is 58.4 Å². The van der Waals surface area contributed by atoms with Gasteiger partial charge in [0.15, 0.2) is 0 Å². The van der Waals surface area contributed by atoms with Gasteiger partial charge in [0.25, 0.3) is 5.91 Å². The number of likely N-dealkylation sites (tertiary alicyclic amines) is 1. The molecule has 1 saturated carbocycles. The Kier molecular flexibility index (Phi) is 5.28. The smallest absolute Gasteiger partial charge is 0.257 e. The minimum absolute atomic E-state index is 0.0758. The lowest BCUT2D eigenvalue weighted by Crippen LogP contribution is -2.59. The predicted octanol–water partition coefficient (Wildman–Crippen LogP) is 3.89. The molecule has 0 bridgehead atoms. The highest BCUT2D eigenvalue weighted by atomic mass is 16.3. The second-order valence-corrected chi connectivity index (χ2v) is 8.39. The summed E-state index contributed by atoms with van der Waals surface area (Å²) in [7, 11) is 0. The van der Waals surface area contributed by atoms with E-state index < -0.39 is 5.60 Å². The van der Waals surface area contributed by atoms with E-state index in [0.29, 0.717) is 18.5 Å². The maximum Gasteiger partial charge on any atom is 0.257 e. The van der Waals surface area contributed by atoms with E-state index in [1.165, 1.54) is 0 Å². The number of piperidine rings is 1. The third-order valence-corrected chi connectivity index (χ3v) is 6.64. The fraction of sp³-hybridized carbons (Fsp3) is 0.565. The van der Waals surface area contributed by atoms with E-state index in [2.05, 4.69) is 12.0 Å². The molecular formula is C23H31N3O2. The van der Waals surface area contributed by atoms with Crippen LogP contribution in [0.4, 0.5) is 0 Å². The molecule has 28 heavy (non-hydrogen) atoms. The van der Waals surface area contributed by atoms with Gasteiger partial charge in [0.05, 0.1) is 16.9 Å². The van der Waals surface area contributed by atoms with Gasteiger partial charge in [0, 0.05) is 31.2 Å². The maximum absolute atomic E-state index is 13.4. The average molecular weight is 382 g/mol. The number of benzene rings is 1. The van der Waals surface area contributed by atoms with Gasteiger partial charge in [-0.05, 0) is 38.2 Å². The van der Waals surface area contributed by atoms with Crippen LogP contribution in [0, 0.1) is 12.8 Å². The first-order chi connectivity index (χ1) is 13.5. The molecule has 150 valence electrons. The number of hydrogen-bond donors (Lipinski definition) is 1. The van der Waals surface area contributed by atoms with Crippen LogP contribution in [0.2, 0.25) is 0 Å². The van der Waals surface area contributed by atoms with Crippen LogP contribution in [0.25, 0.3) is 0 Å². The Hall–Kier alpha value is -2.14. The first-order valence-electron chi connectivity index (χ1n) is 10.7. The van der Waals surface area contributed by atoms with E-state index >= 15 is 0 Å². The summed E-state index contributed by atoms with van der Waals surface area (Å²) in [4.78, 5) is 15.5. The predicted molar refractivity (Wildman–Crippen MR) is 109 cm³/mol. The summed E-state index contributed by atoms with van der Waals surface area (Å²) in [6.45, 7) is 5.44. The molecule has 5 heteroatoms. The van der Waals surface area contributed by atoms with E-state index in [9.17, 15) is 9.90 Å². The Morgan fingerprint density at radius 2 is 2.00 bits per heavy atom. The zero-order valence-corrected chi connectivity index (χ0v) is 17.0. The number of hydrogen-bond acceptors (Lipinski definition) is 3. The van der Waals surface area contributed by atoms with E-state index in [1.54, 1.807) is 0 Å². The number of aryl methyl sites for hydroxylation is 2. The van der Waals surface area contributed by atoms with Gasteiger partial charge in [-0.2, -0.15) is 5.10 Å². The third-order valence-electron chi connectivity index (χ3n) is 6.64. The Balaban J connectivity index is 1.63. The number of rotatable bonds is 4. The zero-order chi connectivity index (χ0) is 19.7. The van der Waals surface area contributed by atoms with E-state index in [0.717, 1.165) is 49.9 Å². The van der Waals surface area contributed by atoms with Crippen molar-refractivity contribution in [3.8, 4) is 0 Å². The molecule has 2 aliphatic rings. The van der Waals surface area contributed by atoms with Crippen LogP contribution in [-0.4, -0.2) is 38.3 Å². The molecule has 2 aromatic rings. The molecule has 0 radical (unpaired) electrons. The fourth-order valence-electron chi connectivity index (χ4n) is 5.25. The van der Waals surface area contributed by atoms with Crippen LogP contribution >= 0.6 is 0 Å². The van der Waals surface area contributed by atoms with Gasteiger partial charge in [-0.15, -0.1) is 0 Å². The highest BCUT2D eigenvalue weighted by Crippen LogP contribution is 2.47. The second kappa shape index (κ2) is 7.70. The van der Waals surface area contributed by atoms with Crippen LogP contribution in [0.1, 0.15) is 67.1 Å². The minimum Gasteiger partial charge on any atom is -0.385 e. The van der Waals surface area contributed by atoms with E-state index in [1.807, 2.05) is 53.0 Å². The van der Waals surface area contributed by atoms with Crippen molar-refractivity contribution >= 4 is 5.91 Å². The number of fused-ring (bicyclic) bond motifs is 1. The van der Waals surface area contributed by atoms with Crippen LogP contribution < -0.4 is 0 Å². The largest absolute Gasteiger partial charge is 0.385 e. The molecule has 0 spiro atoms. The Labute approximate surface area is 167 Å². The highest BCUT2D eigenvalue weighted by Gasteiger charge is 2.50. The molecule has 1 saturated heterocycles. The lowest BCUT2D eigenvalue weighted by atomic mass is 9.66. The standard InChI is InChI=1S/C23H31N3O2/c1-3-14-25-16-19(17(2)24-25)22(27)26-15-13-23(28,18-9-5-4-6-10-18)20-11-7-8-12-21(20)26/h4-6,9-10,16,20-21,28H,3,7-8,11-15H2,1-2H3/t20-,21+,23+/m0/s1. The number of carbonyl (C=O) groups is 1. The Morgan fingerprint density at radius 3 is 2.75 bits per heavy atom. The Bertz CT molecular complexity index is 832. The number of aromatic nitrogens is 2. The van der Waals surface area contributed by atoms with E-state index in [-0.39, 0.29) is 17.9 Å². The highest BCUT2D eigenvalue weighted by molar-refractivity contribution is 5.95. The molecule has 0 unspecified atom stereocenters. The SMILES string of the molecule is CCCn1cc(C(=O)N2CC[C@@](O)(c3ccccc3)[C@H]3CCCC[C@H]32)c(C)n1. The summed E-state index contributed by atoms with van der Waals surface area (Å²) in [5.41, 5.74) is 1.66. The lowest BCUT2D eigenvalue weighted by molar-refractivity contribution is -0.110. The normalized spacial score (nSPS) is 27.5. The van der Waals surface area contributed by atoms with Crippen molar-refractivity contribution in [2.24, 2.45) is 5.92 Å². The van der Waals surface area contributed by atoms with Gasteiger partial charge in [0.2, 0.25) is 0 Å². The summed E-state index contributed by atoms with van der Waals surface area (Å²) in [5.74, 6) is 0.166. The van der Waals surface area contributed by atoms with Crippen molar-refractivity contribution in [3.05, 3.63) is 53.3 Å². The molecule has 2 fully saturated rings. The number of amides is 1. The second-order valence-electron chi connectivity index (χ2n) is 8.39. The van der Waals surface area contributed by atoms with Crippen molar-refractivity contribution < 1.29 is 9.90 Å². The van der Waals surface area contributed by atoms with Gasteiger partial charge in [-0.1, -0.05) is 50.1 Å². The quantitative estimate of drug-likeness (QED) is 0.874. The molecule has 2 heterocycles. The molecule has 5 nitrogen and oxygen atoms in total. The minimum atomic E-state index is -0.843. The van der Waals surface area contributed by atoms with Crippen LogP contribution in [0.15, 0.2) is 36.5 Å². The van der Waals surface area contributed by atoms with Crippen molar-refractivity contribution in [3.63, 3.8) is 0 Å². The van der Waals surface area contributed by atoms with Crippen LogP contribution in [-0.2, 0) is 12.1 Å². The summed E-state index contributed by atoms with van der Waals surface area (Å²) in [6, 6.07) is 10.1. The number of aliphatic hydroxyl groups is 1. The van der Waals surface area contributed by atoms with Gasteiger partial charge in [-0.25, -0.2) is 0 Å². The fourth-order valence-corrected chi connectivity index (χ4v) is 5.25. The molecule has 1 aliphatic heterocycles. The van der Waals surface area contributed by atoms with Crippen molar-refractivity contribution in [1.29, 1.82) is 0 Å². The van der Waals surface area contributed by atoms with Crippen molar-refractivity contribution in [1.82, 2.24) is 14.7 Å². The first-order valence-corrected chi connectivity index (χ1v) is 10.7. The first kappa shape index (κ1) is 19.2. The van der Waals surface area contributed by atoms with Crippen molar-refractivity contribution in [2.75, 3.05) is 6.54 Å². The number of nitrogens with zero attached hydrogens (tertiary/aromatic N) is 3. The summed E-state index contributed by atoms with van der Waals surface area (Å²) in [5, 5.41) is 16.2. The zero-order valence-electron chi connectivity index (χ0n) is 17.0. The van der Waals surface area contributed by atoms with Crippen LogP contribution in [0.5, 0.6) is 0 Å². The van der Waals surface area contributed by atoms with Crippen LogP contribution in [0.3, 0.4) is 0 Å². The molecule has 1 N–H and O–H groups in total. The monoisotopic (exact) mass is 381 g/mol. The summed E-state index contributed by atoms with van der Waals surface area (Å²) >= 11 is 0. The molecular weight excluding hydrogens is 350 g/mol.